The normalized spacial score (nSPS) is 8.43. The second-order valence-corrected chi connectivity index (χ2v) is 2.53. The lowest BCUT2D eigenvalue weighted by Crippen LogP contribution is -2.14. The number of methoxy groups -OCH3 is 1. The minimum atomic E-state index is -0.309. The highest BCUT2D eigenvalue weighted by Crippen LogP contribution is 2.15. The van der Waals surface area contributed by atoms with Crippen LogP contribution >= 0.6 is 0 Å². The van der Waals surface area contributed by atoms with E-state index in [0.29, 0.717) is 11.3 Å². The first-order valence-corrected chi connectivity index (χ1v) is 4.14. The third-order valence-corrected chi connectivity index (χ3v) is 1.64. The Balaban J connectivity index is 2.94. The molecular formula is C11H11NO2. The highest BCUT2D eigenvalue weighted by molar-refractivity contribution is 5.93. The molecule has 0 aliphatic carbocycles. The second kappa shape index (κ2) is 4.93. The monoisotopic (exact) mass is 189 g/mol. The van der Waals surface area contributed by atoms with Crippen molar-refractivity contribution in [3.8, 4) is 17.6 Å². The Kier molecular flexibility index (Phi) is 3.57. The molecule has 72 valence electrons. The maximum Gasteiger partial charge on any atom is 0.295 e. The Labute approximate surface area is 83.1 Å². The largest absolute Gasteiger partial charge is 0.495 e. The van der Waals surface area contributed by atoms with Gasteiger partial charge in [-0.05, 0) is 12.1 Å². The van der Waals surface area contributed by atoms with Gasteiger partial charge in [-0.1, -0.05) is 18.1 Å². The molecule has 1 amide bonds. The molecule has 0 unspecified atom stereocenters. The van der Waals surface area contributed by atoms with Crippen LogP contribution in [0.4, 0.5) is 0 Å². The van der Waals surface area contributed by atoms with Gasteiger partial charge in [0.05, 0.1) is 12.7 Å². The molecule has 3 heteroatoms. The number of rotatable bonds is 1. The lowest BCUT2D eigenvalue weighted by atomic mass is 10.2. The molecule has 1 aromatic rings. The molecule has 0 aliphatic rings. The van der Waals surface area contributed by atoms with E-state index in [1.165, 1.54) is 0 Å². The van der Waals surface area contributed by atoms with Gasteiger partial charge in [-0.3, -0.25) is 4.79 Å². The number of nitrogens with one attached hydrogen (secondary N) is 1. The zero-order chi connectivity index (χ0) is 10.4. The van der Waals surface area contributed by atoms with Gasteiger partial charge in [-0.15, -0.1) is 0 Å². The van der Waals surface area contributed by atoms with E-state index in [-0.39, 0.29) is 5.91 Å². The molecule has 0 heterocycles. The van der Waals surface area contributed by atoms with Crippen LogP contribution in [-0.2, 0) is 4.79 Å². The van der Waals surface area contributed by atoms with E-state index in [4.69, 9.17) is 4.74 Å². The first-order valence-electron chi connectivity index (χ1n) is 4.14. The highest BCUT2D eigenvalue weighted by Gasteiger charge is 1.96. The van der Waals surface area contributed by atoms with Gasteiger partial charge in [-0.2, -0.15) is 0 Å². The SMILES string of the molecule is CNC(=O)C#Cc1ccccc1OC. The van der Waals surface area contributed by atoms with Gasteiger partial charge in [0.2, 0.25) is 0 Å². The fraction of sp³-hybridized carbons (Fsp3) is 0.182. The summed E-state index contributed by atoms with van der Waals surface area (Å²) in [6, 6.07) is 7.29. The number of hydrogen-bond donors (Lipinski definition) is 1. The van der Waals surface area contributed by atoms with E-state index in [2.05, 4.69) is 17.2 Å². The summed E-state index contributed by atoms with van der Waals surface area (Å²) in [4.78, 5) is 10.9. The summed E-state index contributed by atoms with van der Waals surface area (Å²) in [7, 11) is 3.11. The minimum Gasteiger partial charge on any atom is -0.495 e. The van der Waals surface area contributed by atoms with Gasteiger partial charge in [0.15, 0.2) is 0 Å². The Morgan fingerprint density at radius 1 is 1.43 bits per heavy atom. The van der Waals surface area contributed by atoms with Gasteiger partial charge in [0.1, 0.15) is 5.75 Å². The second-order valence-electron chi connectivity index (χ2n) is 2.53. The van der Waals surface area contributed by atoms with Crippen molar-refractivity contribution in [2.75, 3.05) is 14.2 Å². The van der Waals surface area contributed by atoms with Crippen molar-refractivity contribution < 1.29 is 9.53 Å². The minimum absolute atomic E-state index is 0.309. The molecule has 1 N–H and O–H groups in total. The predicted octanol–water partition coefficient (Wildman–Crippen LogP) is 0.793. The van der Waals surface area contributed by atoms with Crippen molar-refractivity contribution in [2.24, 2.45) is 0 Å². The van der Waals surface area contributed by atoms with Crippen LogP contribution in [0.2, 0.25) is 0 Å². The van der Waals surface area contributed by atoms with E-state index in [1.807, 2.05) is 12.1 Å². The van der Waals surface area contributed by atoms with Crippen LogP contribution in [0, 0.1) is 11.8 Å². The average molecular weight is 189 g/mol. The van der Waals surface area contributed by atoms with Gasteiger partial charge in [-0.25, -0.2) is 0 Å². The van der Waals surface area contributed by atoms with Crippen LogP contribution in [0.25, 0.3) is 0 Å². The maximum atomic E-state index is 10.9. The van der Waals surface area contributed by atoms with Gasteiger partial charge in [0.25, 0.3) is 5.91 Å². The Hall–Kier alpha value is -1.95. The van der Waals surface area contributed by atoms with Crippen molar-refractivity contribution in [1.29, 1.82) is 0 Å². The molecule has 1 aromatic carbocycles. The summed E-state index contributed by atoms with van der Waals surface area (Å²) < 4.78 is 5.08. The summed E-state index contributed by atoms with van der Waals surface area (Å²) in [5.41, 5.74) is 0.707. The third-order valence-electron chi connectivity index (χ3n) is 1.64. The standard InChI is InChI=1S/C11H11NO2/c1-12-11(13)8-7-9-5-3-4-6-10(9)14-2/h3-6H,1-2H3,(H,12,13). The number of para-hydroxylation sites is 1. The van der Waals surface area contributed by atoms with Gasteiger partial charge >= 0.3 is 0 Å². The summed E-state index contributed by atoms with van der Waals surface area (Å²) in [6.07, 6.45) is 0. The van der Waals surface area contributed by atoms with E-state index >= 15 is 0 Å². The predicted molar refractivity (Wildman–Crippen MR) is 53.9 cm³/mol. The first kappa shape index (κ1) is 10.1. The number of benzene rings is 1. The Morgan fingerprint density at radius 2 is 2.14 bits per heavy atom. The smallest absolute Gasteiger partial charge is 0.295 e. The summed E-state index contributed by atoms with van der Waals surface area (Å²) in [5.74, 6) is 5.53. The number of carbonyl (C=O) groups excluding carboxylic acids is 1. The molecule has 0 aromatic heterocycles. The number of carbonyl (C=O) groups is 1. The molecular weight excluding hydrogens is 178 g/mol. The number of ether oxygens (including phenoxy) is 1. The first-order chi connectivity index (χ1) is 6.77. The summed E-state index contributed by atoms with van der Waals surface area (Å²) >= 11 is 0. The van der Waals surface area contributed by atoms with Gasteiger partial charge < -0.3 is 10.1 Å². The maximum absolute atomic E-state index is 10.9. The van der Waals surface area contributed by atoms with Crippen LogP contribution in [0.5, 0.6) is 5.75 Å². The Bertz CT molecular complexity index is 388. The quantitative estimate of drug-likeness (QED) is 0.663. The number of amides is 1. The van der Waals surface area contributed by atoms with Crippen LogP contribution < -0.4 is 10.1 Å². The Morgan fingerprint density at radius 3 is 2.79 bits per heavy atom. The van der Waals surface area contributed by atoms with Crippen molar-refractivity contribution >= 4 is 5.91 Å². The van der Waals surface area contributed by atoms with Crippen molar-refractivity contribution in [3.63, 3.8) is 0 Å². The van der Waals surface area contributed by atoms with Crippen molar-refractivity contribution in [1.82, 2.24) is 5.32 Å². The molecule has 0 fully saturated rings. The van der Waals surface area contributed by atoms with E-state index in [9.17, 15) is 4.79 Å². The van der Waals surface area contributed by atoms with Gasteiger partial charge in [0, 0.05) is 13.0 Å². The molecule has 1 rings (SSSR count). The summed E-state index contributed by atoms with van der Waals surface area (Å²) in [5, 5.41) is 2.42. The molecule has 3 nitrogen and oxygen atoms in total. The van der Waals surface area contributed by atoms with Crippen LogP contribution in [-0.4, -0.2) is 20.1 Å². The molecule has 0 saturated carbocycles. The number of hydrogen-bond acceptors (Lipinski definition) is 2. The van der Waals surface area contributed by atoms with Crippen LogP contribution in [0.3, 0.4) is 0 Å². The fourth-order valence-electron chi connectivity index (χ4n) is 0.935. The zero-order valence-electron chi connectivity index (χ0n) is 8.13. The lowest BCUT2D eigenvalue weighted by Gasteiger charge is -2.00. The molecule has 0 spiro atoms. The molecule has 0 radical (unpaired) electrons. The van der Waals surface area contributed by atoms with E-state index in [0.717, 1.165) is 0 Å². The van der Waals surface area contributed by atoms with Crippen molar-refractivity contribution in [3.05, 3.63) is 29.8 Å². The summed E-state index contributed by atoms with van der Waals surface area (Å²) in [6.45, 7) is 0. The van der Waals surface area contributed by atoms with Crippen molar-refractivity contribution in [2.45, 2.75) is 0 Å². The molecule has 0 saturated heterocycles. The topological polar surface area (TPSA) is 38.3 Å². The van der Waals surface area contributed by atoms with E-state index in [1.54, 1.807) is 26.3 Å². The molecule has 0 aliphatic heterocycles. The lowest BCUT2D eigenvalue weighted by molar-refractivity contribution is -0.115. The molecule has 0 atom stereocenters. The van der Waals surface area contributed by atoms with Crippen LogP contribution in [0.15, 0.2) is 24.3 Å². The zero-order valence-corrected chi connectivity index (χ0v) is 8.13. The average Bonchev–Trinajstić information content (AvgIpc) is 2.26. The highest BCUT2D eigenvalue weighted by atomic mass is 16.5. The molecule has 14 heavy (non-hydrogen) atoms. The van der Waals surface area contributed by atoms with E-state index < -0.39 is 0 Å². The third kappa shape index (κ3) is 2.53. The molecule has 0 bridgehead atoms. The fourth-order valence-corrected chi connectivity index (χ4v) is 0.935. The van der Waals surface area contributed by atoms with Crippen LogP contribution in [0.1, 0.15) is 5.56 Å².